The quantitative estimate of drug-likeness (QED) is 0.201. The van der Waals surface area contributed by atoms with E-state index in [1.807, 2.05) is 50.2 Å². The molecule has 0 radical (unpaired) electrons. The zero-order chi connectivity index (χ0) is 33.0. The number of methoxy groups -OCH3 is 1. The molecule has 11 heteroatoms. The van der Waals surface area contributed by atoms with E-state index in [4.69, 9.17) is 35.8 Å². The zero-order valence-corrected chi connectivity index (χ0v) is 27.6. The lowest BCUT2D eigenvalue weighted by atomic mass is 9.95. The number of aromatic nitrogens is 1. The van der Waals surface area contributed by atoms with Gasteiger partial charge in [0.2, 0.25) is 0 Å². The SMILES string of the molecule is CCOC(=O)C1=C(C)N=c2s/c(=C\c3cc(Cl)c(OCc4ccc(C#N)cc4)c(OC)c3)c(=O)n2[C@H]1c1ccccc1OC(C)C. The number of carbonyl (C=O) groups excluding carboxylic acids is 1. The van der Waals surface area contributed by atoms with E-state index < -0.39 is 12.0 Å². The lowest BCUT2D eigenvalue weighted by molar-refractivity contribution is -0.139. The smallest absolute Gasteiger partial charge is 0.338 e. The molecule has 0 saturated heterocycles. The van der Waals surface area contributed by atoms with Gasteiger partial charge >= 0.3 is 5.97 Å². The molecular formula is C35H32ClN3O6S. The Morgan fingerprint density at radius 3 is 2.57 bits per heavy atom. The molecule has 1 aliphatic heterocycles. The third kappa shape index (κ3) is 6.71. The maximum atomic E-state index is 14.1. The van der Waals surface area contributed by atoms with Gasteiger partial charge in [-0.05, 0) is 75.2 Å². The number of hydrogen-bond acceptors (Lipinski definition) is 9. The summed E-state index contributed by atoms with van der Waals surface area (Å²) in [6, 6.07) is 19.1. The molecule has 0 saturated carbocycles. The standard InChI is InChI=1S/C35H32ClN3O6S/c1-6-43-34(41)30-21(4)38-35-39(31(30)25-9-7-8-10-27(25)45-20(2)3)33(40)29(46-35)17-24-15-26(36)32(28(16-24)42-5)44-19-23-13-11-22(18-37)12-14-23/h7-17,20,31H,6,19H2,1-5H3/b29-17-/t31-/m0/s1. The first-order chi connectivity index (χ1) is 22.1. The minimum Gasteiger partial charge on any atom is -0.493 e. The van der Waals surface area contributed by atoms with Crippen LogP contribution in [0.2, 0.25) is 5.02 Å². The van der Waals surface area contributed by atoms with E-state index in [0.717, 1.165) is 5.56 Å². The molecule has 3 aromatic carbocycles. The van der Waals surface area contributed by atoms with E-state index >= 15 is 0 Å². The first kappa shape index (κ1) is 32.5. The van der Waals surface area contributed by atoms with Crippen molar-refractivity contribution < 1.29 is 23.7 Å². The van der Waals surface area contributed by atoms with Crippen molar-refractivity contribution in [3.8, 4) is 23.3 Å². The molecule has 0 bridgehead atoms. The normalized spacial score (nSPS) is 14.4. The topological polar surface area (TPSA) is 112 Å². The lowest BCUT2D eigenvalue weighted by Crippen LogP contribution is -2.40. The van der Waals surface area contributed by atoms with Gasteiger partial charge in [0, 0.05) is 5.56 Å². The van der Waals surface area contributed by atoms with Crippen LogP contribution in [0.4, 0.5) is 0 Å². The van der Waals surface area contributed by atoms with Gasteiger partial charge in [-0.2, -0.15) is 5.26 Å². The van der Waals surface area contributed by atoms with Crippen LogP contribution in [0.15, 0.2) is 81.7 Å². The number of fused-ring (bicyclic) bond motifs is 1. The Hall–Kier alpha value is -4.85. The predicted molar refractivity (Wildman–Crippen MR) is 176 cm³/mol. The van der Waals surface area contributed by atoms with Gasteiger partial charge in [-0.1, -0.05) is 53.3 Å². The van der Waals surface area contributed by atoms with Crippen LogP contribution in [0.1, 0.15) is 56.0 Å². The third-order valence-corrected chi connectivity index (χ3v) is 8.37. The number of para-hydroxylation sites is 1. The van der Waals surface area contributed by atoms with E-state index in [0.29, 0.717) is 54.0 Å². The molecule has 4 aromatic rings. The Kier molecular flexibility index (Phi) is 9.95. The Bertz CT molecular complexity index is 2040. The molecule has 0 amide bonds. The number of nitrogens with zero attached hydrogens (tertiary/aromatic N) is 3. The highest BCUT2D eigenvalue weighted by molar-refractivity contribution is 7.07. The minimum atomic E-state index is -0.816. The number of allylic oxidation sites excluding steroid dienone is 1. The van der Waals surface area contributed by atoms with E-state index in [1.165, 1.54) is 23.0 Å². The summed E-state index contributed by atoms with van der Waals surface area (Å²) in [7, 11) is 1.51. The van der Waals surface area contributed by atoms with Gasteiger partial charge in [0.1, 0.15) is 18.4 Å². The maximum Gasteiger partial charge on any atom is 0.338 e. The largest absolute Gasteiger partial charge is 0.493 e. The summed E-state index contributed by atoms with van der Waals surface area (Å²) in [5.74, 6) is 0.749. The number of rotatable bonds is 10. The molecule has 1 aromatic heterocycles. The summed E-state index contributed by atoms with van der Waals surface area (Å²) >= 11 is 7.86. The third-order valence-electron chi connectivity index (χ3n) is 7.11. The van der Waals surface area contributed by atoms with Crippen LogP contribution in [0.5, 0.6) is 17.2 Å². The molecule has 2 heterocycles. The molecule has 5 rings (SSSR count). The van der Waals surface area contributed by atoms with Crippen LogP contribution in [-0.2, 0) is 16.1 Å². The first-order valence-electron chi connectivity index (χ1n) is 14.6. The maximum absolute atomic E-state index is 14.1. The van der Waals surface area contributed by atoms with Crippen LogP contribution < -0.4 is 29.1 Å². The van der Waals surface area contributed by atoms with Crippen molar-refractivity contribution in [2.75, 3.05) is 13.7 Å². The molecule has 0 fully saturated rings. The zero-order valence-electron chi connectivity index (χ0n) is 26.0. The fourth-order valence-electron chi connectivity index (χ4n) is 5.10. The second kappa shape index (κ2) is 14.1. The Morgan fingerprint density at radius 1 is 1.15 bits per heavy atom. The highest BCUT2D eigenvalue weighted by Crippen LogP contribution is 2.38. The number of carbonyl (C=O) groups is 1. The molecule has 0 N–H and O–H groups in total. The monoisotopic (exact) mass is 657 g/mol. The molecule has 0 unspecified atom stereocenters. The molecule has 0 aliphatic carbocycles. The minimum absolute atomic E-state index is 0.135. The van der Waals surface area contributed by atoms with Crippen molar-refractivity contribution >= 4 is 35.0 Å². The number of ether oxygens (including phenoxy) is 4. The van der Waals surface area contributed by atoms with Crippen LogP contribution in [0.3, 0.4) is 0 Å². The fraction of sp³-hybridized carbons (Fsp3) is 0.257. The lowest BCUT2D eigenvalue weighted by Gasteiger charge is -2.26. The van der Waals surface area contributed by atoms with Crippen LogP contribution in [0, 0.1) is 11.3 Å². The number of nitriles is 1. The van der Waals surface area contributed by atoms with E-state index in [9.17, 15) is 9.59 Å². The molecule has 0 spiro atoms. The predicted octanol–water partition coefficient (Wildman–Crippen LogP) is 5.70. The second-order valence-electron chi connectivity index (χ2n) is 10.6. The summed E-state index contributed by atoms with van der Waals surface area (Å²) in [6.07, 6.45) is 1.57. The van der Waals surface area contributed by atoms with Gasteiger partial charge in [0.05, 0.1) is 52.3 Å². The molecule has 1 atom stereocenters. The average molecular weight is 658 g/mol. The van der Waals surface area contributed by atoms with Gasteiger partial charge in [-0.3, -0.25) is 9.36 Å². The van der Waals surface area contributed by atoms with E-state index in [2.05, 4.69) is 11.1 Å². The number of hydrogen-bond donors (Lipinski definition) is 0. The highest BCUT2D eigenvalue weighted by atomic mass is 35.5. The Morgan fingerprint density at radius 2 is 1.89 bits per heavy atom. The fourth-order valence-corrected chi connectivity index (χ4v) is 6.42. The van der Waals surface area contributed by atoms with Gasteiger partial charge in [0.25, 0.3) is 5.56 Å². The van der Waals surface area contributed by atoms with Crippen LogP contribution in [-0.4, -0.2) is 30.4 Å². The molecular weight excluding hydrogens is 626 g/mol. The number of thiazole rings is 1. The Labute approximate surface area is 275 Å². The number of esters is 1. The summed E-state index contributed by atoms with van der Waals surface area (Å²) in [5.41, 5.74) is 3.07. The number of benzene rings is 3. The van der Waals surface area contributed by atoms with Crippen molar-refractivity contribution in [1.29, 1.82) is 5.26 Å². The summed E-state index contributed by atoms with van der Waals surface area (Å²) in [4.78, 5) is 32.5. The van der Waals surface area contributed by atoms with Gasteiger partial charge in [0.15, 0.2) is 16.3 Å². The highest BCUT2D eigenvalue weighted by Gasteiger charge is 2.35. The molecule has 46 heavy (non-hydrogen) atoms. The van der Waals surface area contributed by atoms with E-state index in [-0.39, 0.29) is 30.5 Å². The van der Waals surface area contributed by atoms with Gasteiger partial charge < -0.3 is 18.9 Å². The van der Waals surface area contributed by atoms with Gasteiger partial charge in [-0.15, -0.1) is 0 Å². The Balaban J connectivity index is 1.58. The number of halogens is 1. The summed E-state index contributed by atoms with van der Waals surface area (Å²) in [5, 5.41) is 9.33. The van der Waals surface area contributed by atoms with Crippen LogP contribution in [0.25, 0.3) is 6.08 Å². The van der Waals surface area contributed by atoms with Crippen molar-refractivity contribution in [2.45, 2.75) is 46.4 Å². The summed E-state index contributed by atoms with van der Waals surface area (Å²) < 4.78 is 25.0. The second-order valence-corrected chi connectivity index (χ2v) is 12.1. The summed E-state index contributed by atoms with van der Waals surface area (Å²) in [6.45, 7) is 7.69. The van der Waals surface area contributed by atoms with Crippen molar-refractivity contribution in [2.24, 2.45) is 4.99 Å². The van der Waals surface area contributed by atoms with Crippen molar-refractivity contribution in [3.63, 3.8) is 0 Å². The van der Waals surface area contributed by atoms with E-state index in [1.54, 1.807) is 44.2 Å². The first-order valence-corrected chi connectivity index (χ1v) is 15.8. The van der Waals surface area contributed by atoms with Crippen molar-refractivity contribution in [3.05, 3.63) is 119 Å². The molecule has 236 valence electrons. The molecule has 9 nitrogen and oxygen atoms in total. The average Bonchev–Trinajstić information content (AvgIpc) is 3.33. The van der Waals surface area contributed by atoms with Crippen molar-refractivity contribution in [1.82, 2.24) is 4.57 Å². The van der Waals surface area contributed by atoms with Crippen LogP contribution >= 0.6 is 22.9 Å². The van der Waals surface area contributed by atoms with Gasteiger partial charge in [-0.25, -0.2) is 9.79 Å². The molecule has 1 aliphatic rings.